The van der Waals surface area contributed by atoms with Gasteiger partial charge in [-0.1, -0.05) is 138 Å². The standard InChI is InChI=1S/C20H12BrCl.C14H10.C6H3BrClI.C4H8O/c21-20-14-18(22)13-12-17(20)11-10-16-8-4-5-9-19(16)15-6-2-1-3-7-15;1-2-12-8-6-7-11-14(12)13-9-4-3-5-10-13;7-5-3-4(8)1-2-6(5)9;1-2-4-5-3-1/h1-9,12-14H;1,3-11H;1-3H;1-4H2. The summed E-state index contributed by atoms with van der Waals surface area (Å²) in [6.07, 6.45) is 7.99. The van der Waals surface area contributed by atoms with E-state index in [0.717, 1.165) is 55.0 Å². The van der Waals surface area contributed by atoms with Crippen molar-refractivity contribution in [3.63, 3.8) is 0 Å². The number of terminal acetylenes is 1. The van der Waals surface area contributed by atoms with Gasteiger partial charge in [-0.2, -0.15) is 0 Å². The monoisotopic (exact) mass is 932 g/mol. The summed E-state index contributed by atoms with van der Waals surface area (Å²) in [5.74, 6) is 9.17. The molecule has 0 N–H and O–H groups in total. The molecule has 1 fully saturated rings. The number of ether oxygens (including phenoxy) is 1. The van der Waals surface area contributed by atoms with E-state index in [1.807, 2.05) is 115 Å². The zero-order valence-electron chi connectivity index (χ0n) is 27.1. The van der Waals surface area contributed by atoms with Crippen LogP contribution in [0.5, 0.6) is 0 Å². The van der Waals surface area contributed by atoms with Crippen LogP contribution in [0.1, 0.15) is 29.5 Å². The van der Waals surface area contributed by atoms with E-state index in [0.29, 0.717) is 5.02 Å². The Hall–Kier alpha value is -3.33. The number of hydrogen-bond acceptors (Lipinski definition) is 1. The molecule has 50 heavy (non-hydrogen) atoms. The molecule has 0 bridgehead atoms. The summed E-state index contributed by atoms with van der Waals surface area (Å²) in [5.41, 5.74) is 7.47. The Morgan fingerprint density at radius 3 is 1.48 bits per heavy atom. The summed E-state index contributed by atoms with van der Waals surface area (Å²) in [4.78, 5) is 0. The zero-order chi connectivity index (χ0) is 35.6. The summed E-state index contributed by atoms with van der Waals surface area (Å²) in [6, 6.07) is 47.9. The molecule has 1 saturated heterocycles. The van der Waals surface area contributed by atoms with Crippen molar-refractivity contribution in [2.75, 3.05) is 13.2 Å². The minimum absolute atomic E-state index is 0.696. The Morgan fingerprint density at radius 2 is 1.00 bits per heavy atom. The van der Waals surface area contributed by atoms with Gasteiger partial charge in [-0.3, -0.25) is 0 Å². The number of rotatable bonds is 2. The molecule has 0 spiro atoms. The number of halogens is 5. The van der Waals surface area contributed by atoms with Gasteiger partial charge in [-0.25, -0.2) is 0 Å². The van der Waals surface area contributed by atoms with Gasteiger partial charge >= 0.3 is 0 Å². The maximum Gasteiger partial charge on any atom is 0.0466 e. The summed E-state index contributed by atoms with van der Waals surface area (Å²) in [6.45, 7) is 2.00. The van der Waals surface area contributed by atoms with Gasteiger partial charge in [-0.15, -0.1) is 6.42 Å². The van der Waals surface area contributed by atoms with Crippen LogP contribution in [0.2, 0.25) is 10.0 Å². The predicted molar refractivity (Wildman–Crippen MR) is 229 cm³/mol. The predicted octanol–water partition coefficient (Wildman–Crippen LogP) is 14.0. The van der Waals surface area contributed by atoms with Gasteiger partial charge in [0.1, 0.15) is 0 Å². The third kappa shape index (κ3) is 13.1. The second kappa shape index (κ2) is 21.8. The van der Waals surface area contributed by atoms with Gasteiger partial charge in [0.2, 0.25) is 0 Å². The first-order valence-electron chi connectivity index (χ1n) is 15.8. The lowest BCUT2D eigenvalue weighted by Gasteiger charge is -2.04. The smallest absolute Gasteiger partial charge is 0.0466 e. The van der Waals surface area contributed by atoms with Gasteiger partial charge in [0.15, 0.2) is 0 Å². The highest BCUT2D eigenvalue weighted by Crippen LogP contribution is 2.25. The van der Waals surface area contributed by atoms with Crippen molar-refractivity contribution in [3.05, 3.63) is 185 Å². The first-order valence-corrected chi connectivity index (χ1v) is 19.2. The second-order valence-electron chi connectivity index (χ2n) is 10.7. The molecule has 0 atom stereocenters. The Bertz CT molecular complexity index is 2050. The van der Waals surface area contributed by atoms with E-state index in [4.69, 9.17) is 34.4 Å². The third-order valence-corrected chi connectivity index (χ3v) is 10.6. The summed E-state index contributed by atoms with van der Waals surface area (Å²) in [5, 5.41) is 1.46. The fraction of sp³-hybridized carbons (Fsp3) is 0.0909. The minimum Gasteiger partial charge on any atom is -0.381 e. The van der Waals surface area contributed by atoms with Crippen molar-refractivity contribution in [3.8, 4) is 46.4 Å². The highest BCUT2D eigenvalue weighted by Gasteiger charge is 2.03. The van der Waals surface area contributed by atoms with Crippen LogP contribution in [-0.2, 0) is 4.74 Å². The molecule has 6 heteroatoms. The van der Waals surface area contributed by atoms with Crippen LogP contribution in [0.15, 0.2) is 155 Å². The van der Waals surface area contributed by atoms with Crippen LogP contribution < -0.4 is 0 Å². The Labute approximate surface area is 336 Å². The van der Waals surface area contributed by atoms with Crippen molar-refractivity contribution in [1.29, 1.82) is 0 Å². The lowest BCUT2D eigenvalue weighted by Crippen LogP contribution is -1.84. The molecule has 0 aromatic heterocycles. The molecule has 0 unspecified atom stereocenters. The highest BCUT2D eigenvalue weighted by molar-refractivity contribution is 14.1. The lowest BCUT2D eigenvalue weighted by atomic mass is 10.00. The molecule has 1 heterocycles. The molecular formula is C44H33Br2Cl2IO. The van der Waals surface area contributed by atoms with Crippen molar-refractivity contribution < 1.29 is 4.74 Å². The molecule has 0 aliphatic carbocycles. The molecule has 1 aliphatic heterocycles. The van der Waals surface area contributed by atoms with E-state index >= 15 is 0 Å². The quantitative estimate of drug-likeness (QED) is 0.0955. The number of hydrogen-bond donors (Lipinski definition) is 0. The summed E-state index contributed by atoms with van der Waals surface area (Å²) in [7, 11) is 0. The SMILES string of the molecule is C#Cc1ccccc1-c1ccccc1.C1CCOC1.Clc1ccc(C#Cc2ccccc2-c2ccccc2)c(Br)c1.Clc1ccc(I)c(Br)c1. The molecule has 1 nitrogen and oxygen atoms in total. The van der Waals surface area contributed by atoms with Crippen LogP contribution in [0, 0.1) is 27.8 Å². The molecular weight excluding hydrogens is 902 g/mol. The van der Waals surface area contributed by atoms with E-state index in [1.165, 1.54) is 27.5 Å². The molecule has 0 amide bonds. The van der Waals surface area contributed by atoms with E-state index in [2.05, 4.69) is 103 Å². The van der Waals surface area contributed by atoms with Gasteiger partial charge in [0.25, 0.3) is 0 Å². The van der Waals surface area contributed by atoms with Gasteiger partial charge < -0.3 is 4.74 Å². The van der Waals surface area contributed by atoms with Crippen molar-refractivity contribution >= 4 is 77.7 Å². The summed E-state index contributed by atoms with van der Waals surface area (Å²) >= 11 is 20.7. The average Bonchev–Trinajstić information content (AvgIpc) is 3.75. The summed E-state index contributed by atoms with van der Waals surface area (Å²) < 4.78 is 8.08. The molecule has 1 aliphatic rings. The highest BCUT2D eigenvalue weighted by atomic mass is 127. The van der Waals surface area contributed by atoms with Crippen molar-refractivity contribution in [2.45, 2.75) is 12.8 Å². The van der Waals surface area contributed by atoms with Crippen molar-refractivity contribution in [2.24, 2.45) is 0 Å². The fourth-order valence-corrected chi connectivity index (χ4v) is 6.45. The molecule has 6 aromatic carbocycles. The van der Waals surface area contributed by atoms with E-state index < -0.39 is 0 Å². The van der Waals surface area contributed by atoms with Crippen LogP contribution in [-0.4, -0.2) is 13.2 Å². The molecule has 6 aromatic rings. The Balaban J connectivity index is 0.000000170. The Kier molecular flexibility index (Phi) is 17.2. The molecule has 0 saturated carbocycles. The van der Waals surface area contributed by atoms with Crippen LogP contribution in [0.4, 0.5) is 0 Å². The molecule has 0 radical (unpaired) electrons. The maximum atomic E-state index is 5.96. The molecule has 7 rings (SSSR count). The van der Waals surface area contributed by atoms with Crippen LogP contribution in [0.3, 0.4) is 0 Å². The minimum atomic E-state index is 0.696. The first-order chi connectivity index (χ1) is 24.4. The third-order valence-electron chi connectivity index (χ3n) is 7.15. The normalized spacial score (nSPS) is 11.1. The van der Waals surface area contributed by atoms with E-state index in [-0.39, 0.29) is 0 Å². The Morgan fingerprint density at radius 1 is 0.540 bits per heavy atom. The zero-order valence-corrected chi connectivity index (χ0v) is 33.9. The maximum absolute atomic E-state index is 5.96. The fourth-order valence-electron chi connectivity index (χ4n) is 4.65. The van der Waals surface area contributed by atoms with Gasteiger partial charge in [-0.05, 0) is 138 Å². The number of benzene rings is 6. The van der Waals surface area contributed by atoms with Gasteiger partial charge in [0.05, 0.1) is 0 Å². The first kappa shape index (κ1) is 39.5. The molecule has 250 valence electrons. The van der Waals surface area contributed by atoms with Gasteiger partial charge in [0, 0.05) is 52.5 Å². The second-order valence-corrected chi connectivity index (χ2v) is 14.5. The average molecular weight is 935 g/mol. The lowest BCUT2D eigenvalue weighted by molar-refractivity contribution is 0.198. The van der Waals surface area contributed by atoms with Crippen LogP contribution >= 0.6 is 77.7 Å². The topological polar surface area (TPSA) is 9.23 Å². The largest absolute Gasteiger partial charge is 0.381 e. The van der Waals surface area contributed by atoms with E-state index in [9.17, 15) is 0 Å². The van der Waals surface area contributed by atoms with Crippen molar-refractivity contribution in [1.82, 2.24) is 0 Å². The van der Waals surface area contributed by atoms with E-state index in [1.54, 1.807) is 0 Å². The van der Waals surface area contributed by atoms with Crippen LogP contribution in [0.25, 0.3) is 22.3 Å².